The van der Waals surface area contributed by atoms with E-state index in [-0.39, 0.29) is 5.41 Å². The Bertz CT molecular complexity index is 607. The number of aldehydes is 1. The third-order valence-corrected chi connectivity index (χ3v) is 6.21. The first-order valence-corrected chi connectivity index (χ1v) is 8.88. The number of hydrogen-bond donors (Lipinski definition) is 0. The molecule has 0 amide bonds. The molecular formula is C21H30O3. The summed E-state index contributed by atoms with van der Waals surface area (Å²) in [5, 5.41) is 0. The lowest BCUT2D eigenvalue weighted by molar-refractivity contribution is -0.135. The van der Waals surface area contributed by atoms with Gasteiger partial charge in [0.2, 0.25) is 0 Å². The van der Waals surface area contributed by atoms with Crippen molar-refractivity contribution in [2.24, 2.45) is 16.7 Å². The average molecular weight is 330 g/mol. The number of hydrogen-bond acceptors (Lipinski definition) is 3. The zero-order chi connectivity index (χ0) is 18.0. The van der Waals surface area contributed by atoms with Crippen molar-refractivity contribution < 1.29 is 14.3 Å². The summed E-state index contributed by atoms with van der Waals surface area (Å²) in [6.07, 6.45) is 11.7. The third-order valence-electron chi connectivity index (χ3n) is 6.21. The van der Waals surface area contributed by atoms with Crippen LogP contribution in [-0.4, -0.2) is 19.4 Å². The summed E-state index contributed by atoms with van der Waals surface area (Å²) in [6.45, 7) is 9.36. The highest BCUT2D eigenvalue weighted by atomic mass is 16.5. The van der Waals surface area contributed by atoms with E-state index >= 15 is 0 Å². The molecule has 3 heteroatoms. The average Bonchev–Trinajstić information content (AvgIpc) is 2.51. The van der Waals surface area contributed by atoms with Gasteiger partial charge in [0.1, 0.15) is 6.29 Å². The van der Waals surface area contributed by atoms with Gasteiger partial charge < -0.3 is 4.74 Å². The molecule has 2 aliphatic carbocycles. The maximum atomic E-state index is 11.8. The van der Waals surface area contributed by atoms with E-state index in [0.29, 0.717) is 23.2 Å². The molecule has 0 radical (unpaired) electrons. The van der Waals surface area contributed by atoms with Crippen LogP contribution in [0.25, 0.3) is 0 Å². The first-order valence-electron chi connectivity index (χ1n) is 8.88. The van der Waals surface area contributed by atoms with Crippen LogP contribution in [0.1, 0.15) is 59.8 Å². The first-order chi connectivity index (χ1) is 11.3. The molecule has 0 aromatic heterocycles. The zero-order valence-corrected chi connectivity index (χ0v) is 15.6. The van der Waals surface area contributed by atoms with Crippen LogP contribution in [0.4, 0.5) is 0 Å². The maximum absolute atomic E-state index is 11.8. The largest absolute Gasteiger partial charge is 0.465 e. The maximum Gasteiger partial charge on any atom is 0.337 e. The first kappa shape index (κ1) is 18.7. The van der Waals surface area contributed by atoms with Gasteiger partial charge >= 0.3 is 5.97 Å². The van der Waals surface area contributed by atoms with Crippen LogP contribution in [0.2, 0.25) is 0 Å². The molecule has 1 fully saturated rings. The highest BCUT2D eigenvalue weighted by Crippen LogP contribution is 2.59. The van der Waals surface area contributed by atoms with E-state index in [9.17, 15) is 9.59 Å². The lowest BCUT2D eigenvalue weighted by Crippen LogP contribution is -2.45. The Morgan fingerprint density at radius 3 is 2.58 bits per heavy atom. The number of carbonyl (C=O) groups is 2. The summed E-state index contributed by atoms with van der Waals surface area (Å²) in [5.74, 6) is 0.178. The number of esters is 1. The summed E-state index contributed by atoms with van der Waals surface area (Å²) in [5.41, 5.74) is 3.53. The van der Waals surface area contributed by atoms with Gasteiger partial charge in [-0.3, -0.25) is 4.79 Å². The van der Waals surface area contributed by atoms with Crippen molar-refractivity contribution in [3.63, 3.8) is 0 Å². The predicted octanol–water partition coefficient (Wildman–Crippen LogP) is 4.78. The number of allylic oxidation sites excluding steroid dienone is 4. The van der Waals surface area contributed by atoms with Gasteiger partial charge in [0.15, 0.2) is 0 Å². The summed E-state index contributed by atoms with van der Waals surface area (Å²) >= 11 is 0. The van der Waals surface area contributed by atoms with Crippen molar-refractivity contribution >= 4 is 12.3 Å². The van der Waals surface area contributed by atoms with Crippen LogP contribution >= 0.6 is 0 Å². The Balaban J connectivity index is 2.40. The van der Waals surface area contributed by atoms with Crippen molar-refractivity contribution in [3.8, 4) is 0 Å². The van der Waals surface area contributed by atoms with E-state index in [4.69, 9.17) is 4.74 Å². The number of methoxy groups -OCH3 is 1. The molecule has 1 unspecified atom stereocenters. The van der Waals surface area contributed by atoms with Crippen LogP contribution in [-0.2, 0) is 14.3 Å². The molecule has 0 aromatic carbocycles. The second-order valence-electron chi connectivity index (χ2n) is 8.13. The Hall–Kier alpha value is -1.64. The molecule has 0 N–H and O–H groups in total. The van der Waals surface area contributed by atoms with Crippen molar-refractivity contribution in [2.75, 3.05) is 7.11 Å². The standard InChI is InChI=1S/C21H30O3/c1-15-7-10-18-20(2,3)12-6-13-21(18,4)17(15)9-8-16(11-14-22)19(23)24-5/h8-9,11,14,18H,6-7,10,12-13H2,1-5H3/b9-8+,16-11-/t18?,21-/m1/s1. The van der Waals surface area contributed by atoms with Crippen molar-refractivity contribution in [3.05, 3.63) is 34.9 Å². The van der Waals surface area contributed by atoms with E-state index in [0.717, 1.165) is 6.42 Å². The number of carbonyl (C=O) groups excluding carboxylic acids is 2. The Morgan fingerprint density at radius 1 is 1.25 bits per heavy atom. The molecule has 24 heavy (non-hydrogen) atoms. The van der Waals surface area contributed by atoms with Crippen LogP contribution in [0, 0.1) is 16.7 Å². The molecule has 0 heterocycles. The second-order valence-corrected chi connectivity index (χ2v) is 8.13. The van der Waals surface area contributed by atoms with Crippen LogP contribution < -0.4 is 0 Å². The predicted molar refractivity (Wildman–Crippen MR) is 96.5 cm³/mol. The molecule has 0 aliphatic heterocycles. The Labute approximate surface area is 145 Å². The fourth-order valence-electron chi connectivity index (χ4n) is 5.03. The lowest BCUT2D eigenvalue weighted by Gasteiger charge is -2.54. The van der Waals surface area contributed by atoms with Gasteiger partial charge in [-0.05, 0) is 67.1 Å². The van der Waals surface area contributed by atoms with Gasteiger partial charge in [0.25, 0.3) is 0 Å². The molecule has 132 valence electrons. The van der Waals surface area contributed by atoms with Crippen molar-refractivity contribution in [1.29, 1.82) is 0 Å². The Morgan fingerprint density at radius 2 is 1.96 bits per heavy atom. The van der Waals surface area contributed by atoms with Gasteiger partial charge in [0.05, 0.1) is 12.7 Å². The minimum Gasteiger partial charge on any atom is -0.465 e. The summed E-state index contributed by atoms with van der Waals surface area (Å²) in [4.78, 5) is 22.6. The van der Waals surface area contributed by atoms with E-state index < -0.39 is 5.97 Å². The second kappa shape index (κ2) is 7.08. The molecule has 0 bridgehead atoms. The number of rotatable bonds is 4. The van der Waals surface area contributed by atoms with E-state index in [2.05, 4.69) is 33.8 Å². The smallest absolute Gasteiger partial charge is 0.337 e. The quantitative estimate of drug-likeness (QED) is 0.322. The van der Waals surface area contributed by atoms with Crippen LogP contribution in [0.15, 0.2) is 34.9 Å². The monoisotopic (exact) mass is 330 g/mol. The van der Waals surface area contributed by atoms with Crippen molar-refractivity contribution in [1.82, 2.24) is 0 Å². The topological polar surface area (TPSA) is 43.4 Å². The van der Waals surface area contributed by atoms with Crippen LogP contribution in [0.5, 0.6) is 0 Å². The van der Waals surface area contributed by atoms with Gasteiger partial charge in [-0.2, -0.15) is 0 Å². The molecule has 0 spiro atoms. The van der Waals surface area contributed by atoms with Gasteiger partial charge in [-0.1, -0.05) is 38.8 Å². The molecule has 1 saturated carbocycles. The molecule has 2 aliphatic rings. The molecular weight excluding hydrogens is 300 g/mol. The molecule has 2 atom stereocenters. The molecule has 3 nitrogen and oxygen atoms in total. The van der Waals surface area contributed by atoms with Gasteiger partial charge in [0, 0.05) is 0 Å². The number of ether oxygens (including phenoxy) is 1. The van der Waals surface area contributed by atoms with Crippen LogP contribution in [0.3, 0.4) is 0 Å². The highest BCUT2D eigenvalue weighted by Gasteiger charge is 2.49. The molecule has 0 saturated heterocycles. The normalized spacial score (nSPS) is 30.2. The van der Waals surface area contributed by atoms with Crippen molar-refractivity contribution in [2.45, 2.75) is 59.8 Å². The van der Waals surface area contributed by atoms with E-state index in [1.54, 1.807) is 6.08 Å². The van der Waals surface area contributed by atoms with Gasteiger partial charge in [-0.15, -0.1) is 0 Å². The highest BCUT2D eigenvalue weighted by molar-refractivity contribution is 5.95. The SMILES string of the molecule is COC(=O)C(=C\C=O)/C=C/C1=C(C)CCC2C(C)(C)CCC[C@]12C. The third kappa shape index (κ3) is 3.40. The Kier molecular flexibility index (Phi) is 5.52. The summed E-state index contributed by atoms with van der Waals surface area (Å²) in [6, 6.07) is 0. The summed E-state index contributed by atoms with van der Waals surface area (Å²) in [7, 11) is 1.33. The van der Waals surface area contributed by atoms with E-state index in [1.807, 2.05) is 0 Å². The lowest BCUT2D eigenvalue weighted by atomic mass is 9.50. The molecule has 0 aromatic rings. The summed E-state index contributed by atoms with van der Waals surface area (Å²) < 4.78 is 4.76. The molecule has 2 rings (SSSR count). The fraction of sp³-hybridized carbons (Fsp3) is 0.619. The number of fused-ring (bicyclic) bond motifs is 1. The fourth-order valence-corrected chi connectivity index (χ4v) is 5.03. The minimum absolute atomic E-state index is 0.142. The van der Waals surface area contributed by atoms with Gasteiger partial charge in [-0.25, -0.2) is 4.79 Å². The minimum atomic E-state index is -0.474. The van der Waals surface area contributed by atoms with E-state index in [1.165, 1.54) is 50.0 Å². The zero-order valence-electron chi connectivity index (χ0n) is 15.6.